The summed E-state index contributed by atoms with van der Waals surface area (Å²) in [6.07, 6.45) is 4.19. The molecule has 1 saturated carbocycles. The van der Waals surface area contributed by atoms with Crippen LogP contribution in [-0.2, 0) is 30.8 Å². The van der Waals surface area contributed by atoms with Crippen LogP contribution in [0.4, 0.5) is 23.5 Å². The maximum absolute atomic E-state index is 11.6. The summed E-state index contributed by atoms with van der Waals surface area (Å²) in [5.74, 6) is 0.861. The predicted octanol–water partition coefficient (Wildman–Crippen LogP) is 2.25. The van der Waals surface area contributed by atoms with E-state index in [1.165, 1.54) is 18.2 Å². The first kappa shape index (κ1) is 37.1. The lowest BCUT2D eigenvalue weighted by molar-refractivity contribution is 0.385. The minimum atomic E-state index is -4.35. The summed E-state index contributed by atoms with van der Waals surface area (Å²) in [4.78, 5) is 14.5. The molecule has 1 aliphatic carbocycles. The maximum atomic E-state index is 11.6. The fourth-order valence-corrected chi connectivity index (χ4v) is 4.81. The Morgan fingerprint density at radius 3 is 2.00 bits per heavy atom. The molecule has 228 valence electrons. The van der Waals surface area contributed by atoms with E-state index >= 15 is 0 Å². The van der Waals surface area contributed by atoms with Crippen LogP contribution in [0.15, 0.2) is 29.2 Å². The van der Waals surface area contributed by atoms with Crippen molar-refractivity contribution in [2.75, 3.05) is 35.9 Å². The van der Waals surface area contributed by atoms with Gasteiger partial charge in [0.1, 0.15) is 0 Å². The average Bonchev–Trinajstić information content (AvgIpc) is 2.85. The van der Waals surface area contributed by atoms with Gasteiger partial charge < -0.3 is 15.5 Å². The average molecular weight is 626 g/mol. The number of nitrogens with zero attached hydrogens (tertiary/aromatic N) is 4. The van der Waals surface area contributed by atoms with Crippen molar-refractivity contribution in [2.45, 2.75) is 70.4 Å². The van der Waals surface area contributed by atoms with Gasteiger partial charge in [0.2, 0.25) is 27.9 Å². The number of benzene rings is 1. The van der Waals surface area contributed by atoms with Crippen molar-refractivity contribution in [2.24, 2.45) is 0 Å². The van der Waals surface area contributed by atoms with Gasteiger partial charge in [0.25, 0.3) is 10.1 Å². The molecule has 1 aliphatic rings. The summed E-state index contributed by atoms with van der Waals surface area (Å²) in [6, 6.07) is 5.45. The van der Waals surface area contributed by atoms with Crippen molar-refractivity contribution in [3.63, 3.8) is 0 Å². The van der Waals surface area contributed by atoms with Crippen molar-refractivity contribution < 1.29 is 34.0 Å². The Hall–Kier alpha value is -2.93. The van der Waals surface area contributed by atoms with Gasteiger partial charge in [0, 0.05) is 31.9 Å². The first-order chi connectivity index (χ1) is 18.6. The molecule has 0 bridgehead atoms. The van der Waals surface area contributed by atoms with Crippen molar-refractivity contribution in [3.05, 3.63) is 24.3 Å². The highest BCUT2D eigenvalue weighted by molar-refractivity contribution is 7.88. The summed E-state index contributed by atoms with van der Waals surface area (Å²) < 4.78 is 83.2. The number of rotatable bonds is 8. The molecule has 15 nitrogen and oxygen atoms in total. The van der Waals surface area contributed by atoms with Crippen LogP contribution >= 0.6 is 0 Å². The number of hydrogen-bond donors (Lipinski definition) is 4. The molecular weight excluding hydrogens is 586 g/mol. The van der Waals surface area contributed by atoms with Gasteiger partial charge in [-0.2, -0.15) is 23.4 Å². The van der Waals surface area contributed by atoms with E-state index in [4.69, 9.17) is 12.6 Å². The Balaban J connectivity index is 0.00000171. The highest BCUT2D eigenvalue weighted by atomic mass is 32.2. The van der Waals surface area contributed by atoms with E-state index < -0.39 is 30.8 Å². The number of hydrogen-bond acceptors (Lipinski definition) is 13. The molecule has 1 aromatic heterocycles. The molecule has 1 aromatic carbocycles. The summed E-state index contributed by atoms with van der Waals surface area (Å²) in [5, 5.41) is 6.19. The van der Waals surface area contributed by atoms with Crippen molar-refractivity contribution in [1.82, 2.24) is 19.7 Å². The van der Waals surface area contributed by atoms with E-state index in [1.54, 1.807) is 25.1 Å². The maximum Gasteiger partial charge on any atom is 0.425 e. The predicted molar refractivity (Wildman–Crippen MR) is 154 cm³/mol. The zero-order chi connectivity index (χ0) is 31.1. The highest BCUT2D eigenvalue weighted by Crippen LogP contribution is 2.24. The highest BCUT2D eigenvalue weighted by Gasteiger charge is 2.25. The molecule has 2 unspecified atom stereocenters. The SMILES string of the molecule is CC.CC.CN(C)c1nc(Nc2cccc(S(=O)(=O)O)c2)nc(NC2CCCC(NS(C)(=O)=O)C2)n1.O=S(=O)=O. The van der Waals surface area contributed by atoms with Crippen LogP contribution in [0.3, 0.4) is 0 Å². The topological polar surface area (TPSA) is 218 Å². The Morgan fingerprint density at radius 2 is 1.48 bits per heavy atom. The van der Waals surface area contributed by atoms with E-state index in [1.807, 2.05) is 27.7 Å². The molecule has 4 N–H and O–H groups in total. The van der Waals surface area contributed by atoms with Crippen LogP contribution in [0.1, 0.15) is 53.4 Å². The fourth-order valence-electron chi connectivity index (χ4n) is 3.46. The molecule has 40 heavy (non-hydrogen) atoms. The summed E-state index contributed by atoms with van der Waals surface area (Å²) in [5.41, 5.74) is 0.372. The molecule has 2 aromatic rings. The third kappa shape index (κ3) is 15.0. The lowest BCUT2D eigenvalue weighted by Gasteiger charge is -2.30. The molecule has 1 fully saturated rings. The zero-order valence-corrected chi connectivity index (χ0v) is 26.1. The molecule has 0 spiro atoms. The standard InChI is InChI=1S/C18H27N7O5S2.2C2H6.O3S/c1-25(2)18-22-16(19-12-6-4-8-14(10-12)24-31(3,26)27)21-17(23-18)20-13-7-5-9-15(11-13)32(28,29)30;2*1-2;1-4(2)3/h5,7,9,11-12,14,24H,4,6,8,10H2,1-3H3,(H,28,29,30)(H2,19,20,21,22,23);2*1-2H3;. The van der Waals surface area contributed by atoms with Crippen LogP contribution in [0.25, 0.3) is 0 Å². The van der Waals surface area contributed by atoms with E-state index in [0.29, 0.717) is 24.0 Å². The van der Waals surface area contributed by atoms with Crippen LogP contribution in [0.2, 0.25) is 0 Å². The van der Waals surface area contributed by atoms with Crippen molar-refractivity contribution in [3.8, 4) is 0 Å². The Labute approximate surface area is 238 Å². The number of aromatic nitrogens is 3. The van der Waals surface area contributed by atoms with Gasteiger partial charge in [0.15, 0.2) is 0 Å². The molecule has 0 saturated heterocycles. The van der Waals surface area contributed by atoms with Crippen LogP contribution in [0, 0.1) is 0 Å². The first-order valence-corrected chi connectivity index (χ1v) is 16.7. The second kappa shape index (κ2) is 17.7. The van der Waals surface area contributed by atoms with Crippen LogP contribution in [0.5, 0.6) is 0 Å². The van der Waals surface area contributed by atoms with E-state index in [0.717, 1.165) is 25.5 Å². The molecule has 0 amide bonds. The largest absolute Gasteiger partial charge is 0.425 e. The lowest BCUT2D eigenvalue weighted by Crippen LogP contribution is -2.41. The van der Waals surface area contributed by atoms with Gasteiger partial charge in [-0.15, -0.1) is 12.6 Å². The van der Waals surface area contributed by atoms with E-state index in [2.05, 4.69) is 30.3 Å². The smallest absolute Gasteiger partial charge is 0.351 e. The quantitative estimate of drug-likeness (QED) is 0.309. The number of anilines is 4. The van der Waals surface area contributed by atoms with Gasteiger partial charge in [0.05, 0.1) is 11.2 Å². The van der Waals surface area contributed by atoms with Crippen molar-refractivity contribution in [1.29, 1.82) is 0 Å². The third-order valence-electron chi connectivity index (χ3n) is 4.80. The van der Waals surface area contributed by atoms with Crippen molar-refractivity contribution >= 4 is 54.3 Å². The monoisotopic (exact) mass is 625 g/mol. The summed E-state index contributed by atoms with van der Waals surface area (Å²) in [6.45, 7) is 8.00. The van der Waals surface area contributed by atoms with Crippen LogP contribution in [-0.4, -0.2) is 81.4 Å². The second-order valence-corrected chi connectivity index (χ2v) is 11.7. The molecule has 1 heterocycles. The van der Waals surface area contributed by atoms with Gasteiger partial charge in [-0.05, 0) is 43.9 Å². The lowest BCUT2D eigenvalue weighted by atomic mass is 9.92. The van der Waals surface area contributed by atoms with Gasteiger partial charge in [-0.3, -0.25) is 4.55 Å². The summed E-state index contributed by atoms with van der Waals surface area (Å²) in [7, 11) is -7.20. The molecule has 18 heteroatoms. The van der Waals surface area contributed by atoms with Gasteiger partial charge >= 0.3 is 10.6 Å². The molecular formula is C22H39N7O8S3. The Bertz CT molecular complexity index is 1380. The summed E-state index contributed by atoms with van der Waals surface area (Å²) >= 11 is 0. The molecule has 0 aliphatic heterocycles. The second-order valence-electron chi connectivity index (χ2n) is 8.10. The molecule has 3 rings (SSSR count). The minimum Gasteiger partial charge on any atom is -0.351 e. The molecule has 2 atom stereocenters. The Morgan fingerprint density at radius 1 is 0.925 bits per heavy atom. The van der Waals surface area contributed by atoms with Gasteiger partial charge in [-0.25, -0.2) is 13.1 Å². The fraction of sp³-hybridized carbons (Fsp3) is 0.591. The number of sulfonamides is 1. The molecule has 0 radical (unpaired) electrons. The normalized spacial score (nSPS) is 16.4. The van der Waals surface area contributed by atoms with E-state index in [9.17, 15) is 21.4 Å². The third-order valence-corrected chi connectivity index (χ3v) is 6.41. The number of nitrogens with one attached hydrogen (secondary N) is 3. The minimum absolute atomic E-state index is 0.0314. The zero-order valence-electron chi connectivity index (χ0n) is 23.6. The van der Waals surface area contributed by atoms with Crippen LogP contribution < -0.4 is 20.3 Å². The van der Waals surface area contributed by atoms with Gasteiger partial charge in [-0.1, -0.05) is 33.8 Å². The first-order valence-electron chi connectivity index (χ1n) is 12.4. The van der Waals surface area contributed by atoms with E-state index in [-0.39, 0.29) is 22.9 Å². The Kier molecular flexibility index (Phi) is 16.4.